The molecule has 2 aromatic carbocycles. The summed E-state index contributed by atoms with van der Waals surface area (Å²) < 4.78 is 13.0. The fraction of sp³-hybridized carbons (Fsp3) is 0.200. The third-order valence-corrected chi connectivity index (χ3v) is 5.09. The van der Waals surface area contributed by atoms with Crippen LogP contribution >= 0.6 is 11.3 Å². The second kappa shape index (κ2) is 7.25. The second-order valence-corrected chi connectivity index (χ2v) is 7.29. The third kappa shape index (κ3) is 3.91. The van der Waals surface area contributed by atoms with E-state index in [0.29, 0.717) is 15.7 Å². The van der Waals surface area contributed by atoms with Gasteiger partial charge in [-0.3, -0.25) is 4.79 Å². The van der Waals surface area contributed by atoms with Crippen molar-refractivity contribution < 1.29 is 9.18 Å². The minimum atomic E-state index is -0.297. The van der Waals surface area contributed by atoms with Crippen LogP contribution < -0.4 is 10.6 Å². The van der Waals surface area contributed by atoms with Crippen molar-refractivity contribution >= 4 is 33.8 Å². The molecular weight excluding hydrogens is 349 g/mol. The number of nitrogens with one attached hydrogen (secondary N) is 2. The van der Waals surface area contributed by atoms with Crippen LogP contribution in [0.4, 0.5) is 20.9 Å². The Labute approximate surface area is 156 Å². The van der Waals surface area contributed by atoms with Crippen LogP contribution in [-0.4, -0.2) is 10.9 Å². The second-order valence-electron chi connectivity index (χ2n) is 6.29. The number of carbonyl (C=O) groups is 1. The Balaban J connectivity index is 1.80. The molecule has 4 nitrogen and oxygen atoms in total. The van der Waals surface area contributed by atoms with Crippen molar-refractivity contribution in [1.82, 2.24) is 4.98 Å². The van der Waals surface area contributed by atoms with Crippen LogP contribution in [0.3, 0.4) is 0 Å². The molecule has 0 aliphatic carbocycles. The maximum Gasteiger partial charge on any atom is 0.267 e. The van der Waals surface area contributed by atoms with E-state index in [4.69, 9.17) is 0 Å². The molecule has 0 aliphatic rings. The molecular formula is C20H20FN3OS. The normalized spacial score (nSPS) is 10.7. The molecule has 0 fully saturated rings. The molecule has 0 radical (unpaired) electrons. The van der Waals surface area contributed by atoms with Crippen LogP contribution in [0.2, 0.25) is 0 Å². The Kier molecular flexibility index (Phi) is 5.04. The summed E-state index contributed by atoms with van der Waals surface area (Å²) in [5.41, 5.74) is 5.43. The maximum absolute atomic E-state index is 13.0. The summed E-state index contributed by atoms with van der Waals surface area (Å²) in [6.07, 6.45) is 0. The molecule has 26 heavy (non-hydrogen) atoms. The van der Waals surface area contributed by atoms with Gasteiger partial charge in [0.25, 0.3) is 5.91 Å². The van der Waals surface area contributed by atoms with E-state index in [1.54, 1.807) is 19.1 Å². The smallest absolute Gasteiger partial charge is 0.267 e. The van der Waals surface area contributed by atoms with Crippen molar-refractivity contribution in [1.29, 1.82) is 0 Å². The zero-order valence-electron chi connectivity index (χ0n) is 15.1. The van der Waals surface area contributed by atoms with E-state index >= 15 is 0 Å². The zero-order chi connectivity index (χ0) is 18.8. The van der Waals surface area contributed by atoms with Crippen LogP contribution in [-0.2, 0) is 0 Å². The van der Waals surface area contributed by atoms with E-state index in [1.807, 2.05) is 32.9 Å². The van der Waals surface area contributed by atoms with Crippen molar-refractivity contribution in [2.45, 2.75) is 27.7 Å². The number of amides is 1. The highest BCUT2D eigenvalue weighted by atomic mass is 32.1. The quantitative estimate of drug-likeness (QED) is 0.637. The monoisotopic (exact) mass is 369 g/mol. The summed E-state index contributed by atoms with van der Waals surface area (Å²) in [6.45, 7) is 7.80. The summed E-state index contributed by atoms with van der Waals surface area (Å²) in [5.74, 6) is -0.475. The Hall–Kier alpha value is -2.73. The van der Waals surface area contributed by atoms with Crippen LogP contribution in [0.25, 0.3) is 0 Å². The van der Waals surface area contributed by atoms with Crippen molar-refractivity contribution in [2.24, 2.45) is 0 Å². The van der Waals surface area contributed by atoms with Gasteiger partial charge in [0.05, 0.1) is 5.69 Å². The Morgan fingerprint density at radius 3 is 2.27 bits per heavy atom. The van der Waals surface area contributed by atoms with Crippen LogP contribution in [0.5, 0.6) is 0 Å². The van der Waals surface area contributed by atoms with Gasteiger partial charge in [0, 0.05) is 11.4 Å². The predicted molar refractivity (Wildman–Crippen MR) is 105 cm³/mol. The van der Waals surface area contributed by atoms with E-state index < -0.39 is 0 Å². The fourth-order valence-electron chi connectivity index (χ4n) is 2.86. The molecule has 0 unspecified atom stereocenters. The number of hydrogen-bond acceptors (Lipinski definition) is 4. The minimum absolute atomic E-state index is 0.179. The van der Waals surface area contributed by atoms with Crippen molar-refractivity contribution in [2.75, 3.05) is 10.6 Å². The highest BCUT2D eigenvalue weighted by Crippen LogP contribution is 2.28. The molecule has 0 saturated carbocycles. The maximum atomic E-state index is 13.0. The van der Waals surface area contributed by atoms with Gasteiger partial charge in [-0.05, 0) is 63.1 Å². The van der Waals surface area contributed by atoms with Gasteiger partial charge >= 0.3 is 0 Å². The number of carbonyl (C=O) groups excluding carboxylic acids is 1. The van der Waals surface area contributed by atoms with E-state index in [2.05, 4.69) is 15.6 Å². The van der Waals surface area contributed by atoms with Crippen LogP contribution in [0, 0.1) is 33.5 Å². The molecule has 134 valence electrons. The summed E-state index contributed by atoms with van der Waals surface area (Å²) in [7, 11) is 0. The molecule has 0 aliphatic heterocycles. The number of aromatic nitrogens is 1. The van der Waals surface area contributed by atoms with Gasteiger partial charge in [-0.15, -0.1) is 0 Å². The first kappa shape index (κ1) is 18.1. The summed E-state index contributed by atoms with van der Waals surface area (Å²) in [4.78, 5) is 17.7. The highest BCUT2D eigenvalue weighted by Gasteiger charge is 2.17. The predicted octanol–water partition coefficient (Wildman–Crippen LogP) is 5.51. The third-order valence-electron chi connectivity index (χ3n) is 4.01. The SMILES string of the molecule is Cc1cc(C)c(NC(=O)c2sc(Nc3ccc(F)cc3)nc2C)c(C)c1. The molecule has 0 saturated heterocycles. The summed E-state index contributed by atoms with van der Waals surface area (Å²) in [6, 6.07) is 10.1. The molecule has 3 rings (SSSR count). The van der Waals surface area contributed by atoms with Crippen LogP contribution in [0.1, 0.15) is 32.1 Å². The average molecular weight is 369 g/mol. The summed E-state index contributed by atoms with van der Waals surface area (Å²) in [5, 5.41) is 6.70. The molecule has 1 amide bonds. The van der Waals surface area contributed by atoms with Gasteiger partial charge in [-0.25, -0.2) is 9.37 Å². The lowest BCUT2D eigenvalue weighted by Crippen LogP contribution is -2.13. The standard InChI is InChI=1S/C20H20FN3OS/c1-11-9-12(2)17(13(3)10-11)24-19(25)18-14(4)22-20(26-18)23-16-7-5-15(21)6-8-16/h5-10H,1-4H3,(H,22,23)(H,24,25). The number of anilines is 3. The molecule has 3 aromatic rings. The summed E-state index contributed by atoms with van der Waals surface area (Å²) >= 11 is 1.27. The first-order valence-corrected chi connectivity index (χ1v) is 9.04. The molecule has 0 bridgehead atoms. The number of aryl methyl sites for hydroxylation is 4. The van der Waals surface area contributed by atoms with E-state index in [9.17, 15) is 9.18 Å². The largest absolute Gasteiger partial charge is 0.332 e. The van der Waals surface area contributed by atoms with Gasteiger partial charge in [0.2, 0.25) is 0 Å². The zero-order valence-corrected chi connectivity index (χ0v) is 15.9. The Bertz CT molecular complexity index is 941. The fourth-order valence-corrected chi connectivity index (χ4v) is 3.75. The van der Waals surface area contributed by atoms with Crippen molar-refractivity contribution in [3.05, 3.63) is 69.5 Å². The van der Waals surface area contributed by atoms with Crippen LogP contribution in [0.15, 0.2) is 36.4 Å². The lowest BCUT2D eigenvalue weighted by molar-refractivity contribution is 0.102. The Morgan fingerprint density at radius 2 is 1.65 bits per heavy atom. The lowest BCUT2D eigenvalue weighted by atomic mass is 10.1. The first-order chi connectivity index (χ1) is 12.3. The highest BCUT2D eigenvalue weighted by molar-refractivity contribution is 7.17. The number of halogens is 1. The van der Waals surface area contributed by atoms with Gasteiger partial charge in [-0.2, -0.15) is 0 Å². The molecule has 0 spiro atoms. The lowest BCUT2D eigenvalue weighted by Gasteiger charge is -2.12. The van der Waals surface area contributed by atoms with E-state index in [0.717, 1.165) is 28.1 Å². The molecule has 6 heteroatoms. The van der Waals surface area contributed by atoms with Gasteiger partial charge in [0.1, 0.15) is 10.7 Å². The number of thiazole rings is 1. The molecule has 0 atom stereocenters. The van der Waals surface area contributed by atoms with Gasteiger partial charge in [-0.1, -0.05) is 29.0 Å². The van der Waals surface area contributed by atoms with Crippen molar-refractivity contribution in [3.8, 4) is 0 Å². The molecule has 2 N–H and O–H groups in total. The molecule has 1 heterocycles. The van der Waals surface area contributed by atoms with E-state index in [1.165, 1.54) is 23.5 Å². The van der Waals surface area contributed by atoms with Gasteiger partial charge in [0.15, 0.2) is 5.13 Å². The van der Waals surface area contributed by atoms with E-state index in [-0.39, 0.29) is 11.7 Å². The minimum Gasteiger partial charge on any atom is -0.332 e. The molecule has 1 aromatic heterocycles. The number of rotatable bonds is 4. The average Bonchev–Trinajstić information content (AvgIpc) is 2.93. The van der Waals surface area contributed by atoms with Gasteiger partial charge < -0.3 is 10.6 Å². The Morgan fingerprint density at radius 1 is 1.04 bits per heavy atom. The number of benzene rings is 2. The first-order valence-electron chi connectivity index (χ1n) is 8.22. The topological polar surface area (TPSA) is 54.0 Å². The number of nitrogens with zero attached hydrogens (tertiary/aromatic N) is 1. The van der Waals surface area contributed by atoms with Crippen molar-refractivity contribution in [3.63, 3.8) is 0 Å². The number of hydrogen-bond donors (Lipinski definition) is 2.